The number of benzene rings is 1. The summed E-state index contributed by atoms with van der Waals surface area (Å²) < 4.78 is 5.92. The SMILES string of the molecule is Cc1cccc(C2OCCCC2CN)c1C. The third-order valence-corrected chi connectivity index (χ3v) is 3.70. The van der Waals surface area contributed by atoms with E-state index < -0.39 is 0 Å². The van der Waals surface area contributed by atoms with Gasteiger partial charge in [0.2, 0.25) is 0 Å². The molecule has 0 radical (unpaired) electrons. The molecule has 0 spiro atoms. The monoisotopic (exact) mass is 219 g/mol. The average Bonchev–Trinajstić information content (AvgIpc) is 2.33. The van der Waals surface area contributed by atoms with E-state index in [1.54, 1.807) is 0 Å². The molecule has 0 aliphatic carbocycles. The molecule has 2 N–H and O–H groups in total. The van der Waals surface area contributed by atoms with Crippen LogP contribution in [0.25, 0.3) is 0 Å². The fourth-order valence-electron chi connectivity index (χ4n) is 2.51. The zero-order valence-corrected chi connectivity index (χ0v) is 10.2. The van der Waals surface area contributed by atoms with E-state index in [0.29, 0.717) is 5.92 Å². The Morgan fingerprint density at radius 1 is 1.38 bits per heavy atom. The minimum absolute atomic E-state index is 0.207. The molecule has 2 nitrogen and oxygen atoms in total. The van der Waals surface area contributed by atoms with Crippen LogP contribution in [0.2, 0.25) is 0 Å². The lowest BCUT2D eigenvalue weighted by Crippen LogP contribution is -2.29. The lowest BCUT2D eigenvalue weighted by molar-refractivity contribution is -0.0255. The molecule has 1 fully saturated rings. The van der Waals surface area contributed by atoms with Crippen LogP contribution in [0.3, 0.4) is 0 Å². The van der Waals surface area contributed by atoms with Crippen molar-refractivity contribution in [3.8, 4) is 0 Å². The van der Waals surface area contributed by atoms with Gasteiger partial charge in [-0.25, -0.2) is 0 Å². The van der Waals surface area contributed by atoms with Crippen molar-refractivity contribution in [1.29, 1.82) is 0 Å². The van der Waals surface area contributed by atoms with Crippen LogP contribution in [-0.2, 0) is 4.74 Å². The van der Waals surface area contributed by atoms with Gasteiger partial charge in [0, 0.05) is 12.5 Å². The number of hydrogen-bond acceptors (Lipinski definition) is 2. The molecule has 1 aliphatic heterocycles. The Labute approximate surface area is 97.8 Å². The van der Waals surface area contributed by atoms with E-state index in [2.05, 4.69) is 32.0 Å². The zero-order chi connectivity index (χ0) is 11.5. The molecule has 1 aliphatic rings. The van der Waals surface area contributed by atoms with Crippen molar-refractivity contribution in [2.24, 2.45) is 11.7 Å². The van der Waals surface area contributed by atoms with Crippen molar-refractivity contribution < 1.29 is 4.74 Å². The van der Waals surface area contributed by atoms with Crippen molar-refractivity contribution in [3.05, 3.63) is 34.9 Å². The summed E-state index contributed by atoms with van der Waals surface area (Å²) in [6.45, 7) is 5.92. The second-order valence-corrected chi connectivity index (χ2v) is 4.72. The number of rotatable bonds is 2. The van der Waals surface area contributed by atoms with Crippen molar-refractivity contribution in [1.82, 2.24) is 0 Å². The zero-order valence-electron chi connectivity index (χ0n) is 10.2. The number of ether oxygens (including phenoxy) is 1. The molecular weight excluding hydrogens is 198 g/mol. The Balaban J connectivity index is 2.30. The Morgan fingerprint density at radius 3 is 2.94 bits per heavy atom. The van der Waals surface area contributed by atoms with E-state index in [1.807, 2.05) is 0 Å². The van der Waals surface area contributed by atoms with Crippen LogP contribution >= 0.6 is 0 Å². The number of hydrogen-bond donors (Lipinski definition) is 1. The maximum Gasteiger partial charge on any atom is 0.0867 e. The lowest BCUT2D eigenvalue weighted by Gasteiger charge is -2.32. The maximum absolute atomic E-state index is 5.92. The van der Waals surface area contributed by atoms with Gasteiger partial charge in [0.05, 0.1) is 6.10 Å². The van der Waals surface area contributed by atoms with E-state index in [1.165, 1.54) is 23.1 Å². The van der Waals surface area contributed by atoms with Gasteiger partial charge in [-0.15, -0.1) is 0 Å². The van der Waals surface area contributed by atoms with Gasteiger partial charge in [0.15, 0.2) is 0 Å². The number of nitrogens with two attached hydrogens (primary N) is 1. The van der Waals surface area contributed by atoms with Gasteiger partial charge in [-0.3, -0.25) is 0 Å². The highest BCUT2D eigenvalue weighted by molar-refractivity contribution is 5.35. The predicted octanol–water partition coefficient (Wildman–Crippen LogP) is 2.73. The first-order chi connectivity index (χ1) is 7.74. The second kappa shape index (κ2) is 4.98. The van der Waals surface area contributed by atoms with Crippen LogP contribution in [0.1, 0.15) is 35.6 Å². The molecule has 2 unspecified atom stereocenters. The van der Waals surface area contributed by atoms with Gasteiger partial charge in [-0.1, -0.05) is 18.2 Å². The number of aryl methyl sites for hydroxylation is 1. The first-order valence-corrected chi connectivity index (χ1v) is 6.12. The molecule has 0 aromatic heterocycles. The van der Waals surface area contributed by atoms with E-state index in [0.717, 1.165) is 19.6 Å². The summed E-state index contributed by atoms with van der Waals surface area (Å²) in [6.07, 6.45) is 2.54. The van der Waals surface area contributed by atoms with Crippen LogP contribution in [0.15, 0.2) is 18.2 Å². The van der Waals surface area contributed by atoms with Gasteiger partial charge in [0.25, 0.3) is 0 Å². The quantitative estimate of drug-likeness (QED) is 0.830. The summed E-state index contributed by atoms with van der Waals surface area (Å²) in [5.74, 6) is 0.481. The molecule has 1 aromatic carbocycles. The molecule has 2 rings (SSSR count). The van der Waals surface area contributed by atoms with Crippen LogP contribution in [0.5, 0.6) is 0 Å². The molecule has 2 heteroatoms. The highest BCUT2D eigenvalue weighted by atomic mass is 16.5. The Kier molecular flexibility index (Phi) is 3.62. The van der Waals surface area contributed by atoms with Gasteiger partial charge < -0.3 is 10.5 Å². The van der Waals surface area contributed by atoms with E-state index in [9.17, 15) is 0 Å². The summed E-state index contributed by atoms with van der Waals surface area (Å²) in [5, 5.41) is 0. The molecule has 1 aromatic rings. The van der Waals surface area contributed by atoms with Crippen LogP contribution in [0, 0.1) is 19.8 Å². The van der Waals surface area contributed by atoms with Gasteiger partial charge >= 0.3 is 0 Å². The Bertz CT molecular complexity index is 362. The van der Waals surface area contributed by atoms with Gasteiger partial charge in [-0.05, 0) is 49.9 Å². The summed E-state index contributed by atoms with van der Waals surface area (Å²) in [5.41, 5.74) is 9.86. The molecule has 0 bridgehead atoms. The molecular formula is C14H21NO. The molecule has 1 saturated heterocycles. The summed E-state index contributed by atoms with van der Waals surface area (Å²) in [6, 6.07) is 6.45. The minimum Gasteiger partial charge on any atom is -0.373 e. The maximum atomic E-state index is 5.92. The van der Waals surface area contributed by atoms with Gasteiger partial charge in [0.1, 0.15) is 0 Å². The topological polar surface area (TPSA) is 35.2 Å². The fourth-order valence-corrected chi connectivity index (χ4v) is 2.51. The van der Waals surface area contributed by atoms with E-state index in [-0.39, 0.29) is 6.10 Å². The standard InChI is InChI=1S/C14H21NO/c1-10-5-3-7-13(11(10)2)14-12(9-15)6-4-8-16-14/h3,5,7,12,14H,4,6,8-9,15H2,1-2H3. The molecule has 0 saturated carbocycles. The normalized spacial score (nSPS) is 25.7. The van der Waals surface area contributed by atoms with Crippen molar-refractivity contribution >= 4 is 0 Å². The first kappa shape index (κ1) is 11.6. The minimum atomic E-state index is 0.207. The van der Waals surface area contributed by atoms with Crippen LogP contribution in [-0.4, -0.2) is 13.2 Å². The fraction of sp³-hybridized carbons (Fsp3) is 0.571. The van der Waals surface area contributed by atoms with Crippen LogP contribution in [0.4, 0.5) is 0 Å². The Hall–Kier alpha value is -0.860. The van der Waals surface area contributed by atoms with E-state index >= 15 is 0 Å². The highest BCUT2D eigenvalue weighted by Gasteiger charge is 2.27. The summed E-state index contributed by atoms with van der Waals surface area (Å²) in [7, 11) is 0. The first-order valence-electron chi connectivity index (χ1n) is 6.12. The smallest absolute Gasteiger partial charge is 0.0867 e. The van der Waals surface area contributed by atoms with Gasteiger partial charge in [-0.2, -0.15) is 0 Å². The van der Waals surface area contributed by atoms with Crippen molar-refractivity contribution in [3.63, 3.8) is 0 Å². The molecule has 88 valence electrons. The highest BCUT2D eigenvalue weighted by Crippen LogP contribution is 2.35. The average molecular weight is 219 g/mol. The lowest BCUT2D eigenvalue weighted by atomic mass is 9.86. The summed E-state index contributed by atoms with van der Waals surface area (Å²) in [4.78, 5) is 0. The van der Waals surface area contributed by atoms with Crippen LogP contribution < -0.4 is 5.73 Å². The third-order valence-electron chi connectivity index (χ3n) is 3.70. The largest absolute Gasteiger partial charge is 0.373 e. The third kappa shape index (κ3) is 2.13. The van der Waals surface area contributed by atoms with Crippen molar-refractivity contribution in [2.75, 3.05) is 13.2 Å². The van der Waals surface area contributed by atoms with Crippen molar-refractivity contribution in [2.45, 2.75) is 32.8 Å². The molecule has 0 amide bonds. The summed E-state index contributed by atoms with van der Waals surface area (Å²) >= 11 is 0. The predicted molar refractivity (Wildman–Crippen MR) is 66.4 cm³/mol. The second-order valence-electron chi connectivity index (χ2n) is 4.72. The Morgan fingerprint density at radius 2 is 2.19 bits per heavy atom. The molecule has 1 heterocycles. The molecule has 16 heavy (non-hydrogen) atoms. The van der Waals surface area contributed by atoms with E-state index in [4.69, 9.17) is 10.5 Å². The molecule has 2 atom stereocenters.